The van der Waals surface area contributed by atoms with E-state index in [1.165, 1.54) is 0 Å². The summed E-state index contributed by atoms with van der Waals surface area (Å²) in [5.41, 5.74) is 6.63. The number of carboxylic acid groups (broad SMARTS) is 1. The summed E-state index contributed by atoms with van der Waals surface area (Å²) < 4.78 is 0. The molecule has 1 fully saturated rings. The van der Waals surface area contributed by atoms with E-state index in [0.717, 1.165) is 34.5 Å². The zero-order valence-corrected chi connectivity index (χ0v) is 33.3. The highest BCUT2D eigenvalue weighted by Gasteiger charge is 2.41. The van der Waals surface area contributed by atoms with Gasteiger partial charge < -0.3 is 30.6 Å². The Morgan fingerprint density at radius 3 is 2.16 bits per heavy atom. The number of aromatic nitrogens is 1. The fourth-order valence-electron chi connectivity index (χ4n) is 6.86. The average Bonchev–Trinajstić information content (AvgIpc) is 3.48. The molecule has 5 atom stereocenters. The van der Waals surface area contributed by atoms with Crippen molar-refractivity contribution in [2.45, 2.75) is 105 Å². The molecule has 1 saturated heterocycles. The number of hydrogen-bond acceptors (Lipinski definition) is 7. The maximum atomic E-state index is 14.4. The minimum Gasteiger partial charge on any atom is -0.465 e. The van der Waals surface area contributed by atoms with Gasteiger partial charge in [0.05, 0.1) is 24.4 Å². The number of aliphatic hydroxyl groups is 1. The van der Waals surface area contributed by atoms with Crippen molar-refractivity contribution in [2.75, 3.05) is 19.6 Å². The molecule has 55 heavy (non-hydrogen) atoms. The summed E-state index contributed by atoms with van der Waals surface area (Å²) in [7, 11) is 0. The molecule has 1 aliphatic rings. The molecule has 0 saturated carbocycles. The second kappa shape index (κ2) is 19.5. The van der Waals surface area contributed by atoms with E-state index in [2.05, 4.69) is 28.0 Å². The fourth-order valence-corrected chi connectivity index (χ4v) is 6.86. The number of rotatable bonds is 18. The molecule has 1 aromatic heterocycles. The number of amides is 5. The zero-order chi connectivity index (χ0) is 40.3. The Bertz CT molecular complexity index is 1730. The maximum absolute atomic E-state index is 14.4. The predicted molar refractivity (Wildman–Crippen MR) is 212 cm³/mol. The Morgan fingerprint density at radius 2 is 1.56 bits per heavy atom. The molecule has 0 radical (unpaired) electrons. The van der Waals surface area contributed by atoms with E-state index in [-0.39, 0.29) is 37.4 Å². The molecule has 3 aromatic rings. The Labute approximate surface area is 325 Å². The number of hydrogen-bond donors (Lipinski definition) is 5. The molecule has 0 spiro atoms. The van der Waals surface area contributed by atoms with Crippen molar-refractivity contribution >= 4 is 23.9 Å². The Balaban J connectivity index is 1.61. The van der Waals surface area contributed by atoms with Gasteiger partial charge >= 0.3 is 12.1 Å². The van der Waals surface area contributed by atoms with Gasteiger partial charge in [-0.25, -0.2) is 14.6 Å². The quantitative estimate of drug-likeness (QED) is 0.114. The first-order valence-electron chi connectivity index (χ1n) is 19.2. The second-order valence-electron chi connectivity index (χ2n) is 15.6. The van der Waals surface area contributed by atoms with Gasteiger partial charge in [0.15, 0.2) is 0 Å². The van der Waals surface area contributed by atoms with Crippen LogP contribution in [0.4, 0.5) is 9.59 Å². The summed E-state index contributed by atoms with van der Waals surface area (Å²) in [5.74, 6) is -1.14. The van der Waals surface area contributed by atoms with Gasteiger partial charge in [-0.1, -0.05) is 109 Å². The van der Waals surface area contributed by atoms with Crippen LogP contribution in [0.5, 0.6) is 0 Å². The van der Waals surface area contributed by atoms with Gasteiger partial charge in [0.1, 0.15) is 12.1 Å². The number of carbonyl (C=O) groups excluding carboxylic acids is 3. The lowest BCUT2D eigenvalue weighted by molar-refractivity contribution is -0.132. The summed E-state index contributed by atoms with van der Waals surface area (Å²) >= 11 is 0. The summed E-state index contributed by atoms with van der Waals surface area (Å²) in [6, 6.07) is 20.2. The maximum Gasteiger partial charge on any atom is 0.405 e. The third kappa shape index (κ3) is 12.2. The lowest BCUT2D eigenvalue weighted by Crippen LogP contribution is -2.60. The fraction of sp³-hybridized carbons (Fsp3) is 0.500. The number of hydrazine groups is 1. The lowest BCUT2D eigenvalue weighted by Gasteiger charge is -2.36. The van der Waals surface area contributed by atoms with E-state index in [0.29, 0.717) is 26.1 Å². The number of urea groups is 1. The third-order valence-corrected chi connectivity index (χ3v) is 10.2. The molecule has 2 aromatic carbocycles. The molecule has 4 rings (SSSR count). The molecule has 5 N–H and O–H groups in total. The van der Waals surface area contributed by atoms with Crippen LogP contribution in [0.15, 0.2) is 72.8 Å². The lowest BCUT2D eigenvalue weighted by atomic mass is 9.86. The van der Waals surface area contributed by atoms with Crippen molar-refractivity contribution < 1.29 is 29.4 Å². The predicted octanol–water partition coefficient (Wildman–Crippen LogP) is 4.91. The van der Waals surface area contributed by atoms with Crippen molar-refractivity contribution in [1.82, 2.24) is 35.9 Å². The number of benzene rings is 2. The molecule has 13 nitrogen and oxygen atoms in total. The number of aryl methyl sites for hydroxylation is 2. The number of aliphatic hydroxyl groups excluding tert-OH is 1. The molecule has 1 aliphatic heterocycles. The van der Waals surface area contributed by atoms with E-state index < -0.39 is 41.6 Å². The first-order chi connectivity index (χ1) is 26.1. The summed E-state index contributed by atoms with van der Waals surface area (Å²) in [6.07, 6.45) is -0.751. The van der Waals surface area contributed by atoms with Crippen LogP contribution in [0.25, 0.3) is 0 Å². The monoisotopic (exact) mass is 757 g/mol. The van der Waals surface area contributed by atoms with Gasteiger partial charge in [-0.15, -0.1) is 0 Å². The van der Waals surface area contributed by atoms with Gasteiger partial charge in [0, 0.05) is 31.9 Å². The molecular formula is C42H59N7O6. The van der Waals surface area contributed by atoms with Gasteiger partial charge in [-0.05, 0) is 59.9 Å². The normalized spacial score (nSPS) is 16.0. The number of pyridine rings is 1. The van der Waals surface area contributed by atoms with Gasteiger partial charge in [-0.2, -0.15) is 0 Å². The van der Waals surface area contributed by atoms with Crippen LogP contribution in [-0.4, -0.2) is 97.8 Å². The smallest absolute Gasteiger partial charge is 0.405 e. The van der Waals surface area contributed by atoms with Crippen molar-refractivity contribution in [3.63, 3.8) is 0 Å². The first kappa shape index (κ1) is 42.7. The van der Waals surface area contributed by atoms with Crippen molar-refractivity contribution in [3.8, 4) is 0 Å². The van der Waals surface area contributed by atoms with Gasteiger partial charge in [0.25, 0.3) is 5.91 Å². The number of carbonyl (C=O) groups is 4. The van der Waals surface area contributed by atoms with E-state index in [9.17, 15) is 29.4 Å². The topological polar surface area (TPSA) is 167 Å². The third-order valence-electron chi connectivity index (χ3n) is 10.2. The molecule has 0 bridgehead atoms. The molecule has 13 heteroatoms. The average molecular weight is 758 g/mol. The molecule has 5 unspecified atom stereocenters. The molecule has 2 heterocycles. The van der Waals surface area contributed by atoms with E-state index >= 15 is 0 Å². The number of nitrogens with zero attached hydrogens (tertiary/aromatic N) is 4. The standard InChI is InChI=1S/C42H59N7O6/c1-8-28(3)36(49-23-22-47(41(49)55)26-33-17-13-14-29(4)43-33)38(51)44-34(24-31-15-11-10-12-16-31)35(50)27-48(25-32-20-18-30(9-2)19-21-32)46-39(52)37(42(5,6)7)45-40(53)54/h10-21,28,34-37,45,50H,8-9,22-27H2,1-7H3,(H,44,51)(H,46,52)(H,53,54). The minimum absolute atomic E-state index is 0.100. The number of nitrogens with one attached hydrogen (secondary N) is 3. The van der Waals surface area contributed by atoms with Crippen LogP contribution in [0.3, 0.4) is 0 Å². The van der Waals surface area contributed by atoms with E-state index in [1.54, 1.807) is 35.6 Å². The summed E-state index contributed by atoms with van der Waals surface area (Å²) in [6.45, 7) is 14.4. The van der Waals surface area contributed by atoms with Crippen molar-refractivity contribution in [2.24, 2.45) is 11.3 Å². The Hall–Kier alpha value is -5.01. The van der Waals surface area contributed by atoms with E-state index in [1.807, 2.05) is 93.6 Å². The van der Waals surface area contributed by atoms with Crippen LogP contribution < -0.4 is 16.1 Å². The van der Waals surface area contributed by atoms with Crippen molar-refractivity contribution in [1.29, 1.82) is 0 Å². The zero-order valence-electron chi connectivity index (χ0n) is 33.3. The van der Waals surface area contributed by atoms with Gasteiger partial charge in [0.2, 0.25) is 5.91 Å². The van der Waals surface area contributed by atoms with Crippen LogP contribution in [0.2, 0.25) is 0 Å². The molecule has 0 aliphatic carbocycles. The minimum atomic E-state index is -1.33. The molecular weight excluding hydrogens is 699 g/mol. The summed E-state index contributed by atoms with van der Waals surface area (Å²) in [5, 5.41) is 28.6. The first-order valence-corrected chi connectivity index (χ1v) is 19.2. The summed E-state index contributed by atoms with van der Waals surface area (Å²) in [4.78, 5) is 61.5. The van der Waals surface area contributed by atoms with Crippen LogP contribution in [0.1, 0.15) is 76.0 Å². The molecule has 5 amide bonds. The largest absolute Gasteiger partial charge is 0.465 e. The Morgan fingerprint density at radius 1 is 0.891 bits per heavy atom. The Kier molecular flexibility index (Phi) is 15.2. The highest BCUT2D eigenvalue weighted by atomic mass is 16.4. The highest BCUT2D eigenvalue weighted by Crippen LogP contribution is 2.24. The van der Waals surface area contributed by atoms with Gasteiger partial charge in [-0.3, -0.25) is 20.0 Å². The van der Waals surface area contributed by atoms with E-state index in [4.69, 9.17) is 0 Å². The van der Waals surface area contributed by atoms with Crippen LogP contribution in [-0.2, 0) is 35.5 Å². The second-order valence-corrected chi connectivity index (χ2v) is 15.6. The SMILES string of the molecule is CCc1ccc(CN(CC(O)C(Cc2ccccc2)NC(=O)C(C(C)CC)N2CCN(Cc3cccc(C)n3)C2=O)NC(=O)C(NC(=O)O)C(C)(C)C)cc1. The molecule has 298 valence electrons. The highest BCUT2D eigenvalue weighted by molar-refractivity contribution is 5.88. The van der Waals surface area contributed by atoms with Crippen LogP contribution >= 0.6 is 0 Å². The van der Waals surface area contributed by atoms with Crippen molar-refractivity contribution in [3.05, 3.63) is 101 Å². The van der Waals surface area contributed by atoms with Crippen LogP contribution in [0, 0.1) is 18.3 Å².